The van der Waals surface area contributed by atoms with Gasteiger partial charge >= 0.3 is 0 Å². The van der Waals surface area contributed by atoms with E-state index >= 15 is 0 Å². The van der Waals surface area contributed by atoms with E-state index in [2.05, 4.69) is 4.98 Å². The van der Waals surface area contributed by atoms with Crippen LogP contribution >= 0.6 is 0 Å². The molecule has 1 atom stereocenters. The van der Waals surface area contributed by atoms with Gasteiger partial charge in [0.25, 0.3) is 5.91 Å². The van der Waals surface area contributed by atoms with Gasteiger partial charge in [0.2, 0.25) is 15.9 Å². The highest BCUT2D eigenvalue weighted by Gasteiger charge is 2.30. The molecule has 0 spiro atoms. The number of pyridine rings is 1. The lowest BCUT2D eigenvalue weighted by Crippen LogP contribution is -2.35. The first kappa shape index (κ1) is 21.9. The molecule has 1 unspecified atom stereocenters. The normalized spacial score (nSPS) is 19.6. The SMILES string of the molecule is O=C(c1ccc(S(=O)(=O)N2CCCCC2)cc1)N1CCC(Oc2ccc3ccccc3n2)C1. The number of carbonyl (C=O) groups is 1. The van der Waals surface area contributed by atoms with Gasteiger partial charge in [0.15, 0.2) is 0 Å². The molecule has 0 N–H and O–H groups in total. The Balaban J connectivity index is 1.22. The van der Waals surface area contributed by atoms with Gasteiger partial charge in [0, 0.05) is 43.1 Å². The predicted octanol–water partition coefficient (Wildman–Crippen LogP) is 3.70. The maximum atomic E-state index is 13.0. The van der Waals surface area contributed by atoms with E-state index in [1.165, 1.54) is 4.31 Å². The fraction of sp³-hybridized carbons (Fsp3) is 0.360. The summed E-state index contributed by atoms with van der Waals surface area (Å²) >= 11 is 0. The van der Waals surface area contributed by atoms with Gasteiger partial charge < -0.3 is 9.64 Å². The molecule has 1 aromatic heterocycles. The van der Waals surface area contributed by atoms with Crippen LogP contribution in [-0.4, -0.2) is 60.8 Å². The summed E-state index contributed by atoms with van der Waals surface area (Å²) < 4.78 is 33.2. The molecule has 2 saturated heterocycles. The van der Waals surface area contributed by atoms with E-state index in [0.717, 1.165) is 36.6 Å². The zero-order valence-corrected chi connectivity index (χ0v) is 19.2. The maximum absolute atomic E-state index is 13.0. The topological polar surface area (TPSA) is 79.8 Å². The number of fused-ring (bicyclic) bond motifs is 1. The molecule has 7 nitrogen and oxygen atoms in total. The summed E-state index contributed by atoms with van der Waals surface area (Å²) in [6.45, 7) is 2.18. The van der Waals surface area contributed by atoms with E-state index < -0.39 is 10.0 Å². The van der Waals surface area contributed by atoms with Crippen LogP contribution < -0.4 is 4.74 Å². The largest absolute Gasteiger partial charge is 0.472 e. The van der Waals surface area contributed by atoms with E-state index in [0.29, 0.717) is 37.6 Å². The molecule has 2 aliphatic heterocycles. The number of para-hydroxylation sites is 1. The molecule has 1 amide bonds. The number of benzene rings is 2. The molecular weight excluding hydrogens is 438 g/mol. The minimum absolute atomic E-state index is 0.116. The lowest BCUT2D eigenvalue weighted by molar-refractivity contribution is 0.0771. The molecule has 0 aliphatic carbocycles. The minimum Gasteiger partial charge on any atom is -0.472 e. The first-order valence-electron chi connectivity index (χ1n) is 11.4. The second kappa shape index (κ2) is 9.11. The fourth-order valence-corrected chi connectivity index (χ4v) is 6.02. The molecule has 3 heterocycles. The smallest absolute Gasteiger partial charge is 0.253 e. The number of nitrogens with zero attached hydrogens (tertiary/aromatic N) is 3. The van der Waals surface area contributed by atoms with Crippen LogP contribution in [0, 0.1) is 0 Å². The number of ether oxygens (including phenoxy) is 1. The van der Waals surface area contributed by atoms with Gasteiger partial charge in [-0.25, -0.2) is 13.4 Å². The first-order chi connectivity index (χ1) is 16.0. The molecule has 2 aromatic carbocycles. The van der Waals surface area contributed by atoms with Gasteiger partial charge in [-0.05, 0) is 49.2 Å². The van der Waals surface area contributed by atoms with Gasteiger partial charge in [-0.3, -0.25) is 4.79 Å². The summed E-state index contributed by atoms with van der Waals surface area (Å²) in [5.74, 6) is 0.440. The number of likely N-dealkylation sites (tertiary alicyclic amines) is 1. The number of hydrogen-bond donors (Lipinski definition) is 0. The van der Waals surface area contributed by atoms with Gasteiger partial charge in [-0.15, -0.1) is 0 Å². The van der Waals surface area contributed by atoms with E-state index in [4.69, 9.17) is 4.74 Å². The summed E-state index contributed by atoms with van der Waals surface area (Å²) in [7, 11) is -3.50. The van der Waals surface area contributed by atoms with Crippen LogP contribution in [-0.2, 0) is 10.0 Å². The summed E-state index contributed by atoms with van der Waals surface area (Å²) in [6, 6.07) is 18.0. The lowest BCUT2D eigenvalue weighted by atomic mass is 10.2. The fourth-order valence-electron chi connectivity index (χ4n) is 4.50. The summed E-state index contributed by atoms with van der Waals surface area (Å²) in [5, 5.41) is 1.05. The molecule has 8 heteroatoms. The average Bonchev–Trinajstić information content (AvgIpc) is 3.32. The predicted molar refractivity (Wildman–Crippen MR) is 126 cm³/mol. The molecule has 33 heavy (non-hydrogen) atoms. The Morgan fingerprint density at radius 2 is 1.67 bits per heavy atom. The Bertz CT molecular complexity index is 1250. The molecular formula is C25H27N3O4S. The zero-order chi connectivity index (χ0) is 22.8. The molecule has 0 bridgehead atoms. The summed E-state index contributed by atoms with van der Waals surface area (Å²) in [6.07, 6.45) is 3.45. The second-order valence-electron chi connectivity index (χ2n) is 8.61. The van der Waals surface area contributed by atoms with Crippen LogP contribution in [0.15, 0.2) is 65.6 Å². The molecule has 3 aromatic rings. The van der Waals surface area contributed by atoms with Crippen LogP contribution in [0.1, 0.15) is 36.0 Å². The Hall–Kier alpha value is -2.97. The van der Waals surface area contributed by atoms with Crippen molar-refractivity contribution in [2.75, 3.05) is 26.2 Å². The maximum Gasteiger partial charge on any atom is 0.253 e. The Labute approximate surface area is 194 Å². The number of rotatable bonds is 5. The minimum atomic E-state index is -3.50. The number of aromatic nitrogens is 1. The zero-order valence-electron chi connectivity index (χ0n) is 18.4. The Kier molecular flexibility index (Phi) is 6.03. The second-order valence-corrected chi connectivity index (χ2v) is 10.5. The molecule has 0 saturated carbocycles. The van der Waals surface area contributed by atoms with Gasteiger partial charge in [-0.2, -0.15) is 4.31 Å². The highest BCUT2D eigenvalue weighted by atomic mass is 32.2. The van der Waals surface area contributed by atoms with Crippen molar-refractivity contribution in [2.24, 2.45) is 0 Å². The van der Waals surface area contributed by atoms with Crippen molar-refractivity contribution in [3.8, 4) is 5.88 Å². The third-order valence-corrected chi connectivity index (χ3v) is 8.26. The lowest BCUT2D eigenvalue weighted by Gasteiger charge is -2.26. The number of piperidine rings is 1. The molecule has 5 rings (SSSR count). The van der Waals surface area contributed by atoms with E-state index in [-0.39, 0.29) is 16.9 Å². The van der Waals surface area contributed by atoms with E-state index in [9.17, 15) is 13.2 Å². The van der Waals surface area contributed by atoms with Crippen molar-refractivity contribution in [1.29, 1.82) is 0 Å². The van der Waals surface area contributed by atoms with Crippen LogP contribution in [0.4, 0.5) is 0 Å². The summed E-state index contributed by atoms with van der Waals surface area (Å²) in [4.78, 5) is 19.5. The monoisotopic (exact) mass is 465 g/mol. The molecule has 0 radical (unpaired) electrons. The number of carbonyl (C=O) groups excluding carboxylic acids is 1. The van der Waals surface area contributed by atoms with Crippen LogP contribution in [0.3, 0.4) is 0 Å². The van der Waals surface area contributed by atoms with Crippen molar-refractivity contribution < 1.29 is 17.9 Å². The number of sulfonamides is 1. The first-order valence-corrected chi connectivity index (χ1v) is 12.9. The van der Waals surface area contributed by atoms with Gasteiger partial charge in [-0.1, -0.05) is 24.6 Å². The van der Waals surface area contributed by atoms with E-state index in [1.807, 2.05) is 36.4 Å². The van der Waals surface area contributed by atoms with Crippen molar-refractivity contribution in [3.05, 3.63) is 66.2 Å². The standard InChI is InChI=1S/C25H27N3O4S/c29-25(20-8-11-22(12-9-20)33(30,31)28-15-4-1-5-16-28)27-17-14-21(18-27)32-24-13-10-19-6-2-3-7-23(19)26-24/h2-3,6-13,21H,1,4-5,14-18H2. The highest BCUT2D eigenvalue weighted by Crippen LogP contribution is 2.24. The molecule has 172 valence electrons. The third kappa shape index (κ3) is 4.58. The number of amides is 1. The highest BCUT2D eigenvalue weighted by molar-refractivity contribution is 7.89. The Morgan fingerprint density at radius 3 is 2.45 bits per heavy atom. The molecule has 2 fully saturated rings. The number of hydrogen-bond acceptors (Lipinski definition) is 5. The van der Waals surface area contributed by atoms with Crippen molar-refractivity contribution in [3.63, 3.8) is 0 Å². The van der Waals surface area contributed by atoms with Crippen molar-refractivity contribution >= 4 is 26.8 Å². The van der Waals surface area contributed by atoms with Gasteiger partial charge in [0.1, 0.15) is 6.10 Å². The van der Waals surface area contributed by atoms with Gasteiger partial charge in [0.05, 0.1) is 17.0 Å². The van der Waals surface area contributed by atoms with E-state index in [1.54, 1.807) is 29.2 Å². The molecule has 2 aliphatic rings. The summed E-state index contributed by atoms with van der Waals surface area (Å²) in [5.41, 5.74) is 1.36. The van der Waals surface area contributed by atoms with Crippen LogP contribution in [0.25, 0.3) is 10.9 Å². The van der Waals surface area contributed by atoms with Crippen LogP contribution in [0.5, 0.6) is 5.88 Å². The average molecular weight is 466 g/mol. The quantitative estimate of drug-likeness (QED) is 0.574. The van der Waals surface area contributed by atoms with Crippen molar-refractivity contribution in [1.82, 2.24) is 14.2 Å². The Morgan fingerprint density at radius 1 is 0.909 bits per heavy atom. The van der Waals surface area contributed by atoms with Crippen LogP contribution in [0.2, 0.25) is 0 Å². The third-order valence-electron chi connectivity index (χ3n) is 6.35. The van der Waals surface area contributed by atoms with Crippen molar-refractivity contribution in [2.45, 2.75) is 36.7 Å².